The van der Waals surface area contributed by atoms with Crippen LogP contribution in [0.1, 0.15) is 20.8 Å². The van der Waals surface area contributed by atoms with Gasteiger partial charge in [-0.05, 0) is 5.41 Å². The van der Waals surface area contributed by atoms with Gasteiger partial charge in [-0.25, -0.2) is 4.98 Å². The largest absolute Gasteiger partial charge is 0.336 e. The van der Waals surface area contributed by atoms with Crippen molar-refractivity contribution in [2.24, 2.45) is 5.41 Å². The van der Waals surface area contributed by atoms with E-state index in [1.165, 1.54) is 0 Å². The maximum absolute atomic E-state index is 3.98. The fourth-order valence-corrected chi connectivity index (χ4v) is 1.09. The monoisotopic (exact) mass is 181 g/mol. The van der Waals surface area contributed by atoms with Gasteiger partial charge in [-0.1, -0.05) is 20.8 Å². The summed E-state index contributed by atoms with van der Waals surface area (Å²) in [5.41, 5.74) is 0.370. The first kappa shape index (κ1) is 10.3. The normalized spacial score (nSPS) is 11.9. The Balaban J connectivity index is 2.09. The molecule has 1 aromatic rings. The first-order chi connectivity index (χ1) is 6.08. The Morgan fingerprint density at radius 3 is 2.69 bits per heavy atom. The van der Waals surface area contributed by atoms with E-state index in [1.807, 2.05) is 18.7 Å². The van der Waals surface area contributed by atoms with E-state index in [1.54, 1.807) is 0 Å². The second-order valence-corrected chi connectivity index (χ2v) is 4.54. The average molecular weight is 181 g/mol. The molecule has 1 heterocycles. The Kier molecular flexibility index (Phi) is 3.48. The van der Waals surface area contributed by atoms with Gasteiger partial charge in [-0.15, -0.1) is 0 Å². The van der Waals surface area contributed by atoms with Gasteiger partial charge < -0.3 is 9.88 Å². The minimum absolute atomic E-state index is 0.370. The van der Waals surface area contributed by atoms with E-state index < -0.39 is 0 Å². The fraction of sp³-hybridized carbons (Fsp3) is 0.700. The summed E-state index contributed by atoms with van der Waals surface area (Å²) in [5, 5.41) is 3.42. The van der Waals surface area contributed by atoms with E-state index >= 15 is 0 Å². The first-order valence-corrected chi connectivity index (χ1v) is 4.74. The molecule has 0 atom stereocenters. The molecule has 13 heavy (non-hydrogen) atoms. The maximum Gasteiger partial charge on any atom is 0.0946 e. The quantitative estimate of drug-likeness (QED) is 0.714. The highest BCUT2D eigenvalue weighted by Crippen LogP contribution is 2.09. The Labute approximate surface area is 80.2 Å². The summed E-state index contributed by atoms with van der Waals surface area (Å²) in [6.07, 6.45) is 5.64. The minimum atomic E-state index is 0.370. The Hall–Kier alpha value is -0.830. The molecule has 0 aromatic carbocycles. The van der Waals surface area contributed by atoms with Crippen molar-refractivity contribution in [1.29, 1.82) is 0 Å². The predicted molar refractivity (Wildman–Crippen MR) is 54.6 cm³/mol. The molecule has 0 fully saturated rings. The molecule has 0 bridgehead atoms. The summed E-state index contributed by atoms with van der Waals surface area (Å²) in [4.78, 5) is 3.98. The third-order valence-corrected chi connectivity index (χ3v) is 1.76. The van der Waals surface area contributed by atoms with Crippen molar-refractivity contribution in [1.82, 2.24) is 14.9 Å². The van der Waals surface area contributed by atoms with Gasteiger partial charge in [-0.3, -0.25) is 0 Å². The van der Waals surface area contributed by atoms with Gasteiger partial charge >= 0.3 is 0 Å². The molecule has 0 saturated heterocycles. The SMILES string of the molecule is CC(C)(C)CNCCn1ccnc1. The molecule has 74 valence electrons. The zero-order valence-electron chi connectivity index (χ0n) is 8.75. The fourth-order valence-electron chi connectivity index (χ4n) is 1.09. The summed E-state index contributed by atoms with van der Waals surface area (Å²) in [6.45, 7) is 9.76. The highest BCUT2D eigenvalue weighted by atomic mass is 15.0. The summed E-state index contributed by atoms with van der Waals surface area (Å²) >= 11 is 0. The molecule has 0 unspecified atom stereocenters. The molecule has 0 aliphatic rings. The van der Waals surface area contributed by atoms with E-state index in [0.29, 0.717) is 5.41 Å². The van der Waals surface area contributed by atoms with Crippen LogP contribution in [0.25, 0.3) is 0 Å². The van der Waals surface area contributed by atoms with Crippen LogP contribution in [-0.2, 0) is 6.54 Å². The van der Waals surface area contributed by atoms with E-state index in [9.17, 15) is 0 Å². The second kappa shape index (κ2) is 4.42. The van der Waals surface area contributed by atoms with Gasteiger partial charge in [0, 0.05) is 32.0 Å². The van der Waals surface area contributed by atoms with Crippen LogP contribution in [0, 0.1) is 5.41 Å². The summed E-state index contributed by atoms with van der Waals surface area (Å²) in [7, 11) is 0. The minimum Gasteiger partial charge on any atom is -0.336 e. The van der Waals surface area contributed by atoms with Crippen molar-refractivity contribution < 1.29 is 0 Å². The summed E-state index contributed by atoms with van der Waals surface area (Å²) in [5.74, 6) is 0. The lowest BCUT2D eigenvalue weighted by Crippen LogP contribution is -2.29. The molecule has 1 rings (SSSR count). The number of imidazole rings is 1. The highest BCUT2D eigenvalue weighted by Gasteiger charge is 2.07. The number of nitrogens with one attached hydrogen (secondary N) is 1. The Morgan fingerprint density at radius 2 is 2.15 bits per heavy atom. The van der Waals surface area contributed by atoms with Crippen LogP contribution in [0.15, 0.2) is 18.7 Å². The molecule has 0 aliphatic carbocycles. The van der Waals surface area contributed by atoms with Crippen molar-refractivity contribution in [3.05, 3.63) is 18.7 Å². The molecule has 0 radical (unpaired) electrons. The summed E-state index contributed by atoms with van der Waals surface area (Å²) in [6, 6.07) is 0. The number of aromatic nitrogens is 2. The van der Waals surface area contributed by atoms with E-state index in [-0.39, 0.29) is 0 Å². The van der Waals surface area contributed by atoms with Gasteiger partial charge in [-0.2, -0.15) is 0 Å². The highest BCUT2D eigenvalue weighted by molar-refractivity contribution is 4.74. The molecule has 0 amide bonds. The van der Waals surface area contributed by atoms with Gasteiger partial charge in [0.1, 0.15) is 0 Å². The smallest absolute Gasteiger partial charge is 0.0946 e. The molecule has 0 spiro atoms. The number of rotatable bonds is 4. The molecule has 0 aliphatic heterocycles. The van der Waals surface area contributed by atoms with E-state index in [2.05, 4.69) is 35.6 Å². The van der Waals surface area contributed by atoms with E-state index in [0.717, 1.165) is 19.6 Å². The Bertz CT molecular complexity index is 221. The zero-order chi connectivity index (χ0) is 9.73. The topological polar surface area (TPSA) is 29.9 Å². The lowest BCUT2D eigenvalue weighted by Gasteiger charge is -2.18. The van der Waals surface area contributed by atoms with Crippen LogP contribution >= 0.6 is 0 Å². The predicted octanol–water partition coefficient (Wildman–Crippen LogP) is 1.52. The van der Waals surface area contributed by atoms with Gasteiger partial charge in [0.2, 0.25) is 0 Å². The number of hydrogen-bond acceptors (Lipinski definition) is 2. The van der Waals surface area contributed by atoms with Crippen molar-refractivity contribution in [2.45, 2.75) is 27.3 Å². The average Bonchev–Trinajstić information content (AvgIpc) is 2.48. The third-order valence-electron chi connectivity index (χ3n) is 1.76. The van der Waals surface area contributed by atoms with Gasteiger partial charge in [0.15, 0.2) is 0 Å². The molecule has 0 saturated carbocycles. The van der Waals surface area contributed by atoms with Crippen LogP contribution in [0.5, 0.6) is 0 Å². The molecule has 1 N–H and O–H groups in total. The third kappa shape index (κ3) is 4.68. The van der Waals surface area contributed by atoms with Crippen molar-refractivity contribution in [2.75, 3.05) is 13.1 Å². The van der Waals surface area contributed by atoms with Crippen LogP contribution in [-0.4, -0.2) is 22.6 Å². The second-order valence-electron chi connectivity index (χ2n) is 4.54. The van der Waals surface area contributed by atoms with Crippen LogP contribution < -0.4 is 5.32 Å². The van der Waals surface area contributed by atoms with Gasteiger partial charge in [0.25, 0.3) is 0 Å². The summed E-state index contributed by atoms with van der Waals surface area (Å²) < 4.78 is 2.08. The van der Waals surface area contributed by atoms with Crippen LogP contribution in [0.3, 0.4) is 0 Å². The molecule has 1 aromatic heterocycles. The van der Waals surface area contributed by atoms with Crippen molar-refractivity contribution in [3.8, 4) is 0 Å². The molecule has 3 nitrogen and oxygen atoms in total. The number of nitrogens with zero attached hydrogens (tertiary/aromatic N) is 2. The molecular formula is C10H19N3. The Morgan fingerprint density at radius 1 is 1.38 bits per heavy atom. The van der Waals surface area contributed by atoms with Crippen molar-refractivity contribution in [3.63, 3.8) is 0 Å². The van der Waals surface area contributed by atoms with Gasteiger partial charge in [0.05, 0.1) is 6.33 Å². The standard InChI is InChI=1S/C10H19N3/c1-10(2,3)8-11-4-6-13-7-5-12-9-13/h5,7,9,11H,4,6,8H2,1-3H3. The van der Waals surface area contributed by atoms with Crippen LogP contribution in [0.4, 0.5) is 0 Å². The van der Waals surface area contributed by atoms with Crippen molar-refractivity contribution >= 4 is 0 Å². The van der Waals surface area contributed by atoms with Crippen LogP contribution in [0.2, 0.25) is 0 Å². The first-order valence-electron chi connectivity index (χ1n) is 4.74. The molecule has 3 heteroatoms. The molecular weight excluding hydrogens is 162 g/mol. The zero-order valence-corrected chi connectivity index (χ0v) is 8.75. The van der Waals surface area contributed by atoms with E-state index in [4.69, 9.17) is 0 Å². The number of hydrogen-bond donors (Lipinski definition) is 1. The maximum atomic E-state index is 3.98. The lowest BCUT2D eigenvalue weighted by atomic mass is 9.97. The lowest BCUT2D eigenvalue weighted by molar-refractivity contribution is 0.376.